The van der Waals surface area contributed by atoms with E-state index in [0.29, 0.717) is 6.04 Å². The van der Waals surface area contributed by atoms with Crippen molar-refractivity contribution in [1.29, 1.82) is 0 Å². The Morgan fingerprint density at radius 2 is 2.06 bits per heavy atom. The molecule has 1 saturated heterocycles. The highest BCUT2D eigenvalue weighted by atomic mass is 15.3. The van der Waals surface area contributed by atoms with E-state index < -0.39 is 0 Å². The van der Waals surface area contributed by atoms with Crippen LogP contribution in [0.5, 0.6) is 0 Å². The fourth-order valence-corrected chi connectivity index (χ4v) is 2.11. The van der Waals surface area contributed by atoms with Gasteiger partial charge < -0.3 is 15.5 Å². The van der Waals surface area contributed by atoms with E-state index in [9.17, 15) is 0 Å². The topological polar surface area (TPSA) is 32.5 Å². The number of anilines is 2. The molecule has 0 aromatic heterocycles. The summed E-state index contributed by atoms with van der Waals surface area (Å²) in [7, 11) is 2.19. The van der Waals surface area contributed by atoms with Crippen LogP contribution in [0.2, 0.25) is 0 Å². The lowest BCUT2D eigenvalue weighted by Gasteiger charge is -2.39. The molecule has 1 aromatic rings. The van der Waals surface area contributed by atoms with Crippen LogP contribution in [-0.4, -0.2) is 37.6 Å². The minimum atomic E-state index is 0.608. The number of nitrogens with zero attached hydrogens (tertiary/aromatic N) is 2. The maximum absolute atomic E-state index is 5.95. The van der Waals surface area contributed by atoms with E-state index in [-0.39, 0.29) is 0 Å². The molecule has 88 valence electrons. The summed E-state index contributed by atoms with van der Waals surface area (Å²) < 4.78 is 0. The molecule has 3 heteroatoms. The molecule has 0 bridgehead atoms. The average molecular weight is 219 g/mol. The molecule has 1 fully saturated rings. The molecule has 0 aliphatic carbocycles. The van der Waals surface area contributed by atoms with Gasteiger partial charge in [-0.15, -0.1) is 0 Å². The van der Waals surface area contributed by atoms with E-state index in [1.54, 1.807) is 0 Å². The first kappa shape index (κ1) is 11.3. The Balaban J connectivity index is 2.15. The van der Waals surface area contributed by atoms with Crippen molar-refractivity contribution in [1.82, 2.24) is 4.90 Å². The minimum Gasteiger partial charge on any atom is -0.398 e. The van der Waals surface area contributed by atoms with Crippen molar-refractivity contribution in [2.24, 2.45) is 0 Å². The maximum Gasteiger partial charge on any atom is 0.0388 e. The van der Waals surface area contributed by atoms with Crippen molar-refractivity contribution in [3.05, 3.63) is 23.8 Å². The number of nitrogen functional groups attached to an aromatic ring is 1. The van der Waals surface area contributed by atoms with Crippen LogP contribution in [0.4, 0.5) is 11.4 Å². The summed E-state index contributed by atoms with van der Waals surface area (Å²) in [6.45, 7) is 7.60. The second-order valence-electron chi connectivity index (χ2n) is 4.82. The predicted octanol–water partition coefficient (Wildman–Crippen LogP) is 1.72. The summed E-state index contributed by atoms with van der Waals surface area (Å²) >= 11 is 0. The van der Waals surface area contributed by atoms with E-state index in [4.69, 9.17) is 5.73 Å². The molecule has 3 nitrogen and oxygen atoms in total. The molecule has 1 heterocycles. The fourth-order valence-electron chi connectivity index (χ4n) is 2.11. The second-order valence-corrected chi connectivity index (χ2v) is 4.82. The lowest BCUT2D eigenvalue weighted by Crippen LogP contribution is -2.50. The van der Waals surface area contributed by atoms with Crippen molar-refractivity contribution < 1.29 is 0 Å². The fraction of sp³-hybridized carbons (Fsp3) is 0.538. The first-order valence-corrected chi connectivity index (χ1v) is 5.89. The van der Waals surface area contributed by atoms with Crippen molar-refractivity contribution in [3.63, 3.8) is 0 Å². The molecule has 0 saturated carbocycles. The third-order valence-electron chi connectivity index (χ3n) is 3.59. The second kappa shape index (κ2) is 4.34. The monoisotopic (exact) mass is 219 g/mol. The standard InChI is InChI=1S/C13H21N3/c1-10-4-5-12(8-13(10)14)16-7-6-15(3)11(2)9-16/h4-5,8,11H,6-7,9,14H2,1-3H3. The summed E-state index contributed by atoms with van der Waals surface area (Å²) in [5, 5.41) is 0. The summed E-state index contributed by atoms with van der Waals surface area (Å²) in [5.41, 5.74) is 9.26. The molecule has 16 heavy (non-hydrogen) atoms. The zero-order chi connectivity index (χ0) is 11.7. The van der Waals surface area contributed by atoms with Gasteiger partial charge in [0.05, 0.1) is 0 Å². The van der Waals surface area contributed by atoms with Gasteiger partial charge in [0.25, 0.3) is 0 Å². The molecule has 0 spiro atoms. The van der Waals surface area contributed by atoms with Gasteiger partial charge in [0.1, 0.15) is 0 Å². The highest BCUT2D eigenvalue weighted by molar-refractivity contribution is 5.60. The van der Waals surface area contributed by atoms with Crippen LogP contribution >= 0.6 is 0 Å². The van der Waals surface area contributed by atoms with Crippen molar-refractivity contribution in [3.8, 4) is 0 Å². The molecular weight excluding hydrogens is 198 g/mol. The average Bonchev–Trinajstić information content (AvgIpc) is 2.26. The van der Waals surface area contributed by atoms with Crippen LogP contribution in [-0.2, 0) is 0 Å². The minimum absolute atomic E-state index is 0.608. The summed E-state index contributed by atoms with van der Waals surface area (Å²) in [5.74, 6) is 0. The zero-order valence-electron chi connectivity index (χ0n) is 10.4. The summed E-state index contributed by atoms with van der Waals surface area (Å²) in [6.07, 6.45) is 0. The quantitative estimate of drug-likeness (QED) is 0.730. The Morgan fingerprint density at radius 3 is 2.69 bits per heavy atom. The third-order valence-corrected chi connectivity index (χ3v) is 3.59. The number of aryl methyl sites for hydroxylation is 1. The van der Waals surface area contributed by atoms with E-state index in [1.807, 2.05) is 6.92 Å². The Kier molecular flexibility index (Phi) is 3.06. The Labute approximate surface area is 97.8 Å². The van der Waals surface area contributed by atoms with Crippen LogP contribution < -0.4 is 10.6 Å². The lowest BCUT2D eigenvalue weighted by atomic mass is 10.1. The van der Waals surface area contributed by atoms with Gasteiger partial charge >= 0.3 is 0 Å². The number of likely N-dealkylation sites (N-methyl/N-ethyl adjacent to an activating group) is 1. The van der Waals surface area contributed by atoms with Crippen molar-refractivity contribution >= 4 is 11.4 Å². The smallest absolute Gasteiger partial charge is 0.0388 e. The zero-order valence-corrected chi connectivity index (χ0v) is 10.4. The van der Waals surface area contributed by atoms with Crippen molar-refractivity contribution in [2.45, 2.75) is 19.9 Å². The SMILES string of the molecule is Cc1ccc(N2CCN(C)C(C)C2)cc1N. The first-order valence-electron chi connectivity index (χ1n) is 5.89. The molecular formula is C13H21N3. The van der Waals surface area contributed by atoms with Gasteiger partial charge in [-0.05, 0) is 38.6 Å². The largest absolute Gasteiger partial charge is 0.398 e. The lowest BCUT2D eigenvalue weighted by molar-refractivity contribution is 0.234. The number of piperazine rings is 1. The maximum atomic E-state index is 5.95. The molecule has 0 amide bonds. The van der Waals surface area contributed by atoms with E-state index in [1.165, 1.54) is 5.69 Å². The molecule has 1 aliphatic heterocycles. The van der Waals surface area contributed by atoms with Gasteiger partial charge in [-0.3, -0.25) is 0 Å². The molecule has 1 aromatic carbocycles. The first-order chi connectivity index (χ1) is 7.58. The molecule has 2 rings (SSSR count). The molecule has 1 atom stereocenters. The Morgan fingerprint density at radius 1 is 1.31 bits per heavy atom. The van der Waals surface area contributed by atoms with Crippen LogP contribution in [0.15, 0.2) is 18.2 Å². The van der Waals surface area contributed by atoms with Gasteiger partial charge in [0.2, 0.25) is 0 Å². The number of benzene rings is 1. The van der Waals surface area contributed by atoms with Crippen LogP contribution in [0, 0.1) is 6.92 Å². The molecule has 1 aliphatic rings. The number of hydrogen-bond acceptors (Lipinski definition) is 3. The number of hydrogen-bond donors (Lipinski definition) is 1. The van der Waals surface area contributed by atoms with Gasteiger partial charge in [0, 0.05) is 37.1 Å². The molecule has 2 N–H and O–H groups in total. The van der Waals surface area contributed by atoms with Crippen LogP contribution in [0.25, 0.3) is 0 Å². The Hall–Kier alpha value is -1.22. The van der Waals surface area contributed by atoms with Crippen LogP contribution in [0.1, 0.15) is 12.5 Å². The van der Waals surface area contributed by atoms with Gasteiger partial charge in [-0.25, -0.2) is 0 Å². The van der Waals surface area contributed by atoms with Crippen molar-refractivity contribution in [2.75, 3.05) is 37.3 Å². The number of nitrogens with two attached hydrogens (primary N) is 1. The predicted molar refractivity (Wildman–Crippen MR) is 69.9 cm³/mol. The van der Waals surface area contributed by atoms with Crippen LogP contribution in [0.3, 0.4) is 0 Å². The summed E-state index contributed by atoms with van der Waals surface area (Å²) in [4.78, 5) is 4.81. The van der Waals surface area contributed by atoms with Gasteiger partial charge in [-0.1, -0.05) is 6.07 Å². The molecule has 0 radical (unpaired) electrons. The third kappa shape index (κ3) is 2.14. The summed E-state index contributed by atoms with van der Waals surface area (Å²) in [6, 6.07) is 6.97. The van der Waals surface area contributed by atoms with Gasteiger partial charge in [0.15, 0.2) is 0 Å². The highest BCUT2D eigenvalue weighted by Crippen LogP contribution is 2.23. The normalized spacial score (nSPS) is 22.4. The molecule has 1 unspecified atom stereocenters. The highest BCUT2D eigenvalue weighted by Gasteiger charge is 2.20. The van der Waals surface area contributed by atoms with E-state index in [2.05, 4.69) is 42.0 Å². The van der Waals surface area contributed by atoms with E-state index in [0.717, 1.165) is 30.9 Å². The number of rotatable bonds is 1. The van der Waals surface area contributed by atoms with E-state index >= 15 is 0 Å². The Bertz CT molecular complexity index is 375. The van der Waals surface area contributed by atoms with Gasteiger partial charge in [-0.2, -0.15) is 0 Å².